The van der Waals surface area contributed by atoms with Crippen LogP contribution in [0.25, 0.3) is 0 Å². The predicted molar refractivity (Wildman–Crippen MR) is 88.9 cm³/mol. The maximum atomic E-state index is 5.83. The number of rotatable bonds is 5. The van der Waals surface area contributed by atoms with Crippen molar-refractivity contribution in [3.63, 3.8) is 0 Å². The summed E-state index contributed by atoms with van der Waals surface area (Å²) in [6.07, 6.45) is 0. The minimum atomic E-state index is 0.506. The zero-order chi connectivity index (χ0) is 15.2. The lowest BCUT2D eigenvalue weighted by Gasteiger charge is -2.09. The first-order valence-electron chi connectivity index (χ1n) is 7.08. The molecule has 2 aromatic carbocycles. The van der Waals surface area contributed by atoms with Crippen molar-refractivity contribution >= 4 is 11.6 Å². The van der Waals surface area contributed by atoms with Crippen LogP contribution in [0.1, 0.15) is 5.56 Å². The minimum Gasteiger partial charge on any atom is -0.457 e. The molecule has 0 radical (unpaired) electrons. The number of nitrogens with zero attached hydrogens (tertiary/aromatic N) is 1. The van der Waals surface area contributed by atoms with E-state index < -0.39 is 0 Å². The molecule has 22 heavy (non-hydrogen) atoms. The van der Waals surface area contributed by atoms with Crippen molar-refractivity contribution in [2.75, 3.05) is 11.1 Å². The summed E-state index contributed by atoms with van der Waals surface area (Å²) in [4.78, 5) is 4.21. The molecule has 0 saturated heterocycles. The Bertz CT molecular complexity index is 744. The summed E-state index contributed by atoms with van der Waals surface area (Å²) < 4.78 is 5.83. The largest absolute Gasteiger partial charge is 0.457 e. The Balaban J connectivity index is 1.66. The smallest absolute Gasteiger partial charge is 0.128 e. The van der Waals surface area contributed by atoms with Crippen molar-refractivity contribution in [3.8, 4) is 11.5 Å². The second-order valence-corrected chi connectivity index (χ2v) is 4.86. The van der Waals surface area contributed by atoms with E-state index in [0.717, 1.165) is 22.9 Å². The van der Waals surface area contributed by atoms with E-state index in [2.05, 4.69) is 10.3 Å². The van der Waals surface area contributed by atoms with Crippen LogP contribution in [0.5, 0.6) is 11.5 Å². The third-order valence-corrected chi connectivity index (χ3v) is 3.12. The second-order valence-electron chi connectivity index (χ2n) is 4.86. The molecule has 4 heteroatoms. The van der Waals surface area contributed by atoms with Gasteiger partial charge in [-0.2, -0.15) is 0 Å². The highest BCUT2D eigenvalue weighted by molar-refractivity contribution is 5.43. The van der Waals surface area contributed by atoms with Crippen LogP contribution < -0.4 is 15.8 Å². The molecule has 0 fully saturated rings. The molecular formula is C18H17N3O. The number of nitrogen functional groups attached to an aromatic ring is 1. The molecule has 0 spiro atoms. The van der Waals surface area contributed by atoms with E-state index in [1.54, 1.807) is 6.07 Å². The molecule has 0 aliphatic carbocycles. The number of benzene rings is 2. The number of pyridine rings is 1. The molecule has 0 aliphatic heterocycles. The summed E-state index contributed by atoms with van der Waals surface area (Å²) in [5.41, 5.74) is 6.78. The third kappa shape index (κ3) is 3.76. The van der Waals surface area contributed by atoms with E-state index in [-0.39, 0.29) is 0 Å². The summed E-state index contributed by atoms with van der Waals surface area (Å²) >= 11 is 0. The quantitative estimate of drug-likeness (QED) is 0.744. The number of anilines is 2. The van der Waals surface area contributed by atoms with Gasteiger partial charge in [0.15, 0.2) is 0 Å². The molecule has 0 saturated carbocycles. The van der Waals surface area contributed by atoms with Gasteiger partial charge in [-0.15, -0.1) is 0 Å². The first-order valence-corrected chi connectivity index (χ1v) is 7.08. The molecule has 3 N–H and O–H groups in total. The fourth-order valence-electron chi connectivity index (χ4n) is 2.09. The minimum absolute atomic E-state index is 0.506. The van der Waals surface area contributed by atoms with Crippen molar-refractivity contribution in [2.45, 2.75) is 6.54 Å². The third-order valence-electron chi connectivity index (χ3n) is 3.12. The normalized spacial score (nSPS) is 10.2. The standard InChI is InChI=1S/C18H17N3O/c19-17-10-5-11-18(21-17)20-13-14-6-4-9-16(12-14)22-15-7-2-1-3-8-15/h1-12H,13H2,(H3,19,20,21). The van der Waals surface area contributed by atoms with Gasteiger partial charge < -0.3 is 15.8 Å². The molecule has 0 aliphatic rings. The van der Waals surface area contributed by atoms with E-state index in [9.17, 15) is 0 Å². The highest BCUT2D eigenvalue weighted by Crippen LogP contribution is 2.22. The van der Waals surface area contributed by atoms with Gasteiger partial charge in [-0.25, -0.2) is 4.98 Å². The van der Waals surface area contributed by atoms with Crippen LogP contribution in [0, 0.1) is 0 Å². The Morgan fingerprint density at radius 2 is 1.64 bits per heavy atom. The maximum Gasteiger partial charge on any atom is 0.128 e. The van der Waals surface area contributed by atoms with E-state index >= 15 is 0 Å². The van der Waals surface area contributed by atoms with Crippen LogP contribution in [-0.2, 0) is 6.54 Å². The van der Waals surface area contributed by atoms with Crippen molar-refractivity contribution in [1.82, 2.24) is 4.98 Å². The fourth-order valence-corrected chi connectivity index (χ4v) is 2.09. The van der Waals surface area contributed by atoms with E-state index in [1.807, 2.05) is 66.7 Å². The average Bonchev–Trinajstić information content (AvgIpc) is 2.54. The van der Waals surface area contributed by atoms with Crippen LogP contribution >= 0.6 is 0 Å². The second kappa shape index (κ2) is 6.63. The zero-order valence-electron chi connectivity index (χ0n) is 12.1. The molecule has 0 bridgehead atoms. The SMILES string of the molecule is Nc1cccc(NCc2cccc(Oc3ccccc3)c2)n1. The van der Waals surface area contributed by atoms with Gasteiger partial charge in [-0.3, -0.25) is 0 Å². The molecule has 110 valence electrons. The Morgan fingerprint density at radius 1 is 0.864 bits per heavy atom. The molecule has 3 rings (SSSR count). The van der Waals surface area contributed by atoms with Gasteiger partial charge >= 0.3 is 0 Å². The summed E-state index contributed by atoms with van der Waals surface area (Å²) in [6, 6.07) is 23.2. The topological polar surface area (TPSA) is 60.2 Å². The zero-order valence-corrected chi connectivity index (χ0v) is 12.1. The Hall–Kier alpha value is -3.01. The fraction of sp³-hybridized carbons (Fsp3) is 0.0556. The number of nitrogens with one attached hydrogen (secondary N) is 1. The Morgan fingerprint density at radius 3 is 2.45 bits per heavy atom. The lowest BCUT2D eigenvalue weighted by atomic mass is 10.2. The molecule has 0 amide bonds. The van der Waals surface area contributed by atoms with Crippen LogP contribution in [0.4, 0.5) is 11.6 Å². The van der Waals surface area contributed by atoms with Gasteiger partial charge in [0.2, 0.25) is 0 Å². The summed E-state index contributed by atoms with van der Waals surface area (Å²) in [5, 5.41) is 3.25. The van der Waals surface area contributed by atoms with Crippen molar-refractivity contribution in [2.24, 2.45) is 0 Å². The molecule has 1 aromatic heterocycles. The predicted octanol–water partition coefficient (Wildman–Crippen LogP) is 4.07. The van der Waals surface area contributed by atoms with Gasteiger partial charge in [0, 0.05) is 6.54 Å². The molecule has 3 aromatic rings. The molecule has 0 atom stereocenters. The molecule has 1 heterocycles. The first kappa shape index (κ1) is 13.9. The van der Waals surface area contributed by atoms with Crippen LogP contribution in [0.15, 0.2) is 72.8 Å². The Kier molecular flexibility index (Phi) is 4.20. The van der Waals surface area contributed by atoms with E-state index in [0.29, 0.717) is 12.4 Å². The summed E-state index contributed by atoms with van der Waals surface area (Å²) in [5.74, 6) is 2.90. The monoisotopic (exact) mass is 291 g/mol. The average molecular weight is 291 g/mol. The highest BCUT2D eigenvalue weighted by Gasteiger charge is 2.00. The van der Waals surface area contributed by atoms with Crippen molar-refractivity contribution in [1.29, 1.82) is 0 Å². The number of hydrogen-bond acceptors (Lipinski definition) is 4. The highest BCUT2D eigenvalue weighted by atomic mass is 16.5. The van der Waals surface area contributed by atoms with Gasteiger partial charge in [-0.05, 0) is 42.0 Å². The maximum absolute atomic E-state index is 5.83. The number of hydrogen-bond donors (Lipinski definition) is 2. The Labute approximate surface area is 129 Å². The van der Waals surface area contributed by atoms with E-state index in [1.165, 1.54) is 0 Å². The number of aromatic nitrogens is 1. The van der Waals surface area contributed by atoms with Crippen molar-refractivity contribution in [3.05, 3.63) is 78.4 Å². The lowest BCUT2D eigenvalue weighted by Crippen LogP contribution is -2.02. The van der Waals surface area contributed by atoms with Gasteiger partial charge in [0.05, 0.1) is 0 Å². The van der Waals surface area contributed by atoms with Crippen molar-refractivity contribution < 1.29 is 4.74 Å². The van der Waals surface area contributed by atoms with Gasteiger partial charge in [-0.1, -0.05) is 36.4 Å². The number of ether oxygens (including phenoxy) is 1. The molecular weight excluding hydrogens is 274 g/mol. The molecule has 4 nitrogen and oxygen atoms in total. The van der Waals surface area contributed by atoms with Crippen LogP contribution in [0.2, 0.25) is 0 Å². The number of nitrogens with two attached hydrogens (primary N) is 1. The first-order chi connectivity index (χ1) is 10.8. The van der Waals surface area contributed by atoms with E-state index in [4.69, 9.17) is 10.5 Å². The van der Waals surface area contributed by atoms with Gasteiger partial charge in [0.25, 0.3) is 0 Å². The molecule has 0 unspecified atom stereocenters. The van der Waals surface area contributed by atoms with Crippen LogP contribution in [-0.4, -0.2) is 4.98 Å². The van der Waals surface area contributed by atoms with Gasteiger partial charge in [0.1, 0.15) is 23.1 Å². The van der Waals surface area contributed by atoms with Crippen LogP contribution in [0.3, 0.4) is 0 Å². The summed E-state index contributed by atoms with van der Waals surface area (Å²) in [6.45, 7) is 0.655. The lowest BCUT2D eigenvalue weighted by molar-refractivity contribution is 0.482. The summed E-state index contributed by atoms with van der Waals surface area (Å²) in [7, 11) is 0. The number of para-hydroxylation sites is 1.